The fourth-order valence-corrected chi connectivity index (χ4v) is 2.89. The fraction of sp³-hybridized carbons (Fsp3) is 0.250. The molecule has 0 unspecified atom stereocenters. The van der Waals surface area contributed by atoms with E-state index >= 15 is 0 Å². The Morgan fingerprint density at radius 2 is 1.71 bits per heavy atom. The summed E-state index contributed by atoms with van der Waals surface area (Å²) in [4.78, 5) is 14.8. The summed E-state index contributed by atoms with van der Waals surface area (Å²) in [5, 5.41) is 9.55. The molecule has 0 atom stereocenters. The number of allylic oxidation sites excluding steroid dienone is 2. The van der Waals surface area contributed by atoms with Gasteiger partial charge in [0.15, 0.2) is 5.78 Å². The van der Waals surface area contributed by atoms with Gasteiger partial charge in [0.25, 0.3) is 0 Å². The summed E-state index contributed by atoms with van der Waals surface area (Å²) in [6.45, 7) is 11.3. The standard InChI is InChI=1S/C19H18N.C5H8O2.Ir/c1-12-5-7-18-16(10-12)6-8-19(20-18)17-11-13(2)9-14(3)15(17)4;1-4(6)3-5(2)7;/h5-10H,1-4H3;3,6H,1-2H3;/q-1;;/b;4-3-;. The minimum atomic E-state index is -0.125. The van der Waals surface area contributed by atoms with E-state index in [1.54, 1.807) is 0 Å². The fourth-order valence-electron chi connectivity index (χ4n) is 2.89. The molecule has 1 heterocycles. The van der Waals surface area contributed by atoms with Crippen molar-refractivity contribution in [3.8, 4) is 11.3 Å². The number of aliphatic hydroxyl groups excluding tert-OH is 1. The molecule has 0 amide bonds. The van der Waals surface area contributed by atoms with Gasteiger partial charge in [0.2, 0.25) is 0 Å². The SMILES string of the molecule is CC(=O)/C=C(/C)O.Cc1[c-]c(-c2ccc3cc(C)ccc3n2)c(C)c(C)c1.[Ir]. The van der Waals surface area contributed by atoms with Gasteiger partial charge in [-0.2, -0.15) is 0 Å². The molecule has 149 valence electrons. The summed E-state index contributed by atoms with van der Waals surface area (Å²) in [5.74, 6) is -0.0625. The quantitative estimate of drug-likeness (QED) is 0.242. The Kier molecular flexibility index (Phi) is 8.74. The van der Waals surface area contributed by atoms with Gasteiger partial charge in [-0.05, 0) is 44.0 Å². The number of ketones is 1. The van der Waals surface area contributed by atoms with E-state index in [2.05, 4.69) is 70.2 Å². The van der Waals surface area contributed by atoms with Crippen LogP contribution in [0, 0.1) is 33.8 Å². The smallest absolute Gasteiger partial charge is 0.155 e. The monoisotopic (exact) mass is 553 g/mol. The molecule has 0 bridgehead atoms. The number of carbonyl (C=O) groups is 1. The predicted octanol–water partition coefficient (Wildman–Crippen LogP) is 5.97. The molecule has 28 heavy (non-hydrogen) atoms. The maximum absolute atomic E-state index is 10.0. The van der Waals surface area contributed by atoms with Crippen LogP contribution in [0.5, 0.6) is 0 Å². The van der Waals surface area contributed by atoms with Gasteiger partial charge in [-0.1, -0.05) is 44.5 Å². The van der Waals surface area contributed by atoms with Gasteiger partial charge in [0, 0.05) is 26.2 Å². The van der Waals surface area contributed by atoms with Gasteiger partial charge < -0.3 is 5.11 Å². The third-order valence-corrected chi connectivity index (χ3v) is 4.23. The van der Waals surface area contributed by atoms with Crippen molar-refractivity contribution in [3.05, 3.63) is 76.6 Å². The molecule has 0 fully saturated rings. The Labute approximate surface area is 180 Å². The van der Waals surface area contributed by atoms with Gasteiger partial charge >= 0.3 is 0 Å². The van der Waals surface area contributed by atoms with Crippen LogP contribution in [0.4, 0.5) is 0 Å². The molecule has 0 saturated carbocycles. The van der Waals surface area contributed by atoms with Crippen LogP contribution in [0.25, 0.3) is 22.2 Å². The minimum Gasteiger partial charge on any atom is -0.512 e. The second-order valence-corrected chi connectivity index (χ2v) is 6.92. The van der Waals surface area contributed by atoms with Crippen LogP contribution in [0.2, 0.25) is 0 Å². The first kappa shape index (κ1) is 23.7. The number of benzene rings is 2. The normalized spacial score (nSPS) is 10.7. The van der Waals surface area contributed by atoms with E-state index in [1.807, 2.05) is 0 Å². The number of aromatic nitrogens is 1. The zero-order chi connectivity index (χ0) is 20.1. The number of aryl methyl sites for hydroxylation is 3. The van der Waals surface area contributed by atoms with Crippen LogP contribution >= 0.6 is 0 Å². The molecular weight excluding hydrogens is 526 g/mol. The summed E-state index contributed by atoms with van der Waals surface area (Å²) >= 11 is 0. The van der Waals surface area contributed by atoms with E-state index in [4.69, 9.17) is 10.1 Å². The molecule has 4 heteroatoms. The van der Waals surface area contributed by atoms with Crippen molar-refractivity contribution < 1.29 is 30.0 Å². The number of pyridine rings is 1. The van der Waals surface area contributed by atoms with Crippen LogP contribution in [0.1, 0.15) is 36.1 Å². The average Bonchev–Trinajstić information content (AvgIpc) is 2.57. The Hall–Kier alpha value is -2.29. The van der Waals surface area contributed by atoms with Crippen LogP contribution in [0.3, 0.4) is 0 Å². The number of nitrogens with zero attached hydrogens (tertiary/aromatic N) is 1. The summed E-state index contributed by atoms with van der Waals surface area (Å²) in [7, 11) is 0. The van der Waals surface area contributed by atoms with Crippen molar-refractivity contribution in [3.63, 3.8) is 0 Å². The first-order valence-electron chi connectivity index (χ1n) is 8.93. The van der Waals surface area contributed by atoms with E-state index in [-0.39, 0.29) is 31.6 Å². The van der Waals surface area contributed by atoms with Crippen LogP contribution < -0.4 is 0 Å². The molecule has 3 rings (SSSR count). The first-order valence-corrected chi connectivity index (χ1v) is 8.93. The van der Waals surface area contributed by atoms with E-state index in [0.717, 1.165) is 22.3 Å². The van der Waals surface area contributed by atoms with Gasteiger partial charge in [0.05, 0.1) is 11.3 Å². The Morgan fingerprint density at radius 1 is 1.04 bits per heavy atom. The molecule has 0 aliphatic heterocycles. The molecule has 1 aromatic heterocycles. The molecule has 3 aromatic rings. The van der Waals surface area contributed by atoms with Crippen molar-refractivity contribution in [2.45, 2.75) is 41.5 Å². The maximum Gasteiger partial charge on any atom is 0.155 e. The zero-order valence-electron chi connectivity index (χ0n) is 17.2. The van der Waals surface area contributed by atoms with E-state index in [0.29, 0.717) is 0 Å². The number of aliphatic hydroxyl groups is 1. The molecule has 1 N–H and O–H groups in total. The maximum atomic E-state index is 10.0. The van der Waals surface area contributed by atoms with Gasteiger partial charge in [-0.3, -0.25) is 9.78 Å². The molecular formula is C24H26IrNO2-. The molecule has 0 saturated heterocycles. The summed E-state index contributed by atoms with van der Waals surface area (Å²) in [5.41, 5.74) is 8.14. The number of hydrogen-bond donors (Lipinski definition) is 1. The Balaban J connectivity index is 0.000000425. The predicted molar refractivity (Wildman–Crippen MR) is 112 cm³/mol. The largest absolute Gasteiger partial charge is 0.512 e. The Morgan fingerprint density at radius 3 is 2.29 bits per heavy atom. The van der Waals surface area contributed by atoms with E-state index in [9.17, 15) is 4.79 Å². The summed E-state index contributed by atoms with van der Waals surface area (Å²) < 4.78 is 0. The number of hydrogen-bond acceptors (Lipinski definition) is 3. The molecule has 0 aliphatic carbocycles. The van der Waals surface area contributed by atoms with Crippen LogP contribution in [-0.2, 0) is 24.9 Å². The van der Waals surface area contributed by atoms with Gasteiger partial charge in [-0.25, -0.2) is 0 Å². The van der Waals surface area contributed by atoms with Crippen molar-refractivity contribution in [1.29, 1.82) is 0 Å². The van der Waals surface area contributed by atoms with Gasteiger partial charge in [0.1, 0.15) is 0 Å². The van der Waals surface area contributed by atoms with Crippen molar-refractivity contribution in [2.24, 2.45) is 0 Å². The third kappa shape index (κ3) is 6.40. The second-order valence-electron chi connectivity index (χ2n) is 6.92. The minimum absolute atomic E-state index is 0. The van der Waals surface area contributed by atoms with Crippen molar-refractivity contribution in [1.82, 2.24) is 4.98 Å². The topological polar surface area (TPSA) is 50.2 Å². The first-order chi connectivity index (χ1) is 12.7. The van der Waals surface area contributed by atoms with Crippen molar-refractivity contribution >= 4 is 16.7 Å². The number of fused-ring (bicyclic) bond motifs is 1. The molecule has 3 nitrogen and oxygen atoms in total. The van der Waals surface area contributed by atoms with Crippen LogP contribution in [0.15, 0.2) is 48.2 Å². The van der Waals surface area contributed by atoms with Crippen LogP contribution in [-0.4, -0.2) is 15.9 Å². The van der Waals surface area contributed by atoms with E-state index < -0.39 is 0 Å². The second kappa shape index (κ2) is 10.3. The molecule has 0 aliphatic rings. The number of carbonyl (C=O) groups excluding carboxylic acids is 1. The Bertz CT molecular complexity index is 1020. The van der Waals surface area contributed by atoms with E-state index in [1.165, 1.54) is 42.0 Å². The number of rotatable bonds is 2. The third-order valence-electron chi connectivity index (χ3n) is 4.23. The zero-order valence-corrected chi connectivity index (χ0v) is 19.6. The summed E-state index contributed by atoms with van der Waals surface area (Å²) in [6, 6.07) is 16.2. The summed E-state index contributed by atoms with van der Waals surface area (Å²) in [6.07, 6.45) is 1.17. The molecule has 0 spiro atoms. The van der Waals surface area contributed by atoms with Gasteiger partial charge in [-0.15, -0.1) is 34.4 Å². The van der Waals surface area contributed by atoms with Crippen molar-refractivity contribution in [2.75, 3.05) is 0 Å². The molecule has 1 radical (unpaired) electrons. The molecule has 2 aromatic carbocycles. The average molecular weight is 553 g/mol.